The van der Waals surface area contributed by atoms with Crippen LogP contribution in [0.1, 0.15) is 40.1 Å². The fourth-order valence-corrected chi connectivity index (χ4v) is 5.27. The molecular weight excluding hydrogens is 500 g/mol. The monoisotopic (exact) mass is 524 g/mol. The largest absolute Gasteiger partial charge is 0.467 e. The number of benzene rings is 1. The number of methoxy groups -OCH3 is 1. The molecule has 36 heavy (non-hydrogen) atoms. The van der Waals surface area contributed by atoms with E-state index in [0.717, 1.165) is 27.8 Å². The van der Waals surface area contributed by atoms with E-state index in [-0.39, 0.29) is 18.4 Å². The summed E-state index contributed by atoms with van der Waals surface area (Å²) in [5.74, 6) is -1.88. The van der Waals surface area contributed by atoms with E-state index < -0.39 is 17.9 Å². The highest BCUT2D eigenvalue weighted by molar-refractivity contribution is 7.16. The molecule has 3 aromatic heterocycles. The second-order valence-electron chi connectivity index (χ2n) is 7.90. The number of hydrogen-bond donors (Lipinski definition) is 4. The normalized spacial score (nSPS) is 11.6. The summed E-state index contributed by atoms with van der Waals surface area (Å²) in [4.78, 5) is 54.5. The number of hydrogen-bond acceptors (Lipinski definition) is 7. The lowest BCUT2D eigenvalue weighted by molar-refractivity contribution is -0.142. The second-order valence-corrected chi connectivity index (χ2v) is 9.90. The Balaban J connectivity index is 1.40. The van der Waals surface area contributed by atoms with Crippen molar-refractivity contribution in [1.82, 2.24) is 20.9 Å². The van der Waals surface area contributed by atoms with Gasteiger partial charge in [0, 0.05) is 30.2 Å². The SMILES string of the molecule is COC(=O)C(CNC(=O)c1cccs1)NC(=O)c1sc(C(=O)NCc2cccc3[nH]ccc23)cc1C. The molecule has 9 nitrogen and oxygen atoms in total. The van der Waals surface area contributed by atoms with Gasteiger partial charge in [0.1, 0.15) is 6.04 Å². The molecule has 4 rings (SSSR count). The van der Waals surface area contributed by atoms with Gasteiger partial charge in [0.15, 0.2) is 0 Å². The maximum absolute atomic E-state index is 12.9. The highest BCUT2D eigenvalue weighted by Crippen LogP contribution is 2.23. The first-order valence-electron chi connectivity index (χ1n) is 11.0. The van der Waals surface area contributed by atoms with E-state index in [4.69, 9.17) is 4.74 Å². The van der Waals surface area contributed by atoms with Crippen LogP contribution < -0.4 is 16.0 Å². The maximum atomic E-state index is 12.9. The third kappa shape index (κ3) is 5.64. The molecule has 0 radical (unpaired) electrons. The number of amides is 3. The van der Waals surface area contributed by atoms with Crippen molar-refractivity contribution in [3.05, 3.63) is 79.8 Å². The minimum Gasteiger partial charge on any atom is -0.467 e. The molecular formula is C25H24N4O5S2. The minimum absolute atomic E-state index is 0.141. The number of aryl methyl sites for hydroxylation is 1. The fraction of sp³-hybridized carbons (Fsp3) is 0.200. The lowest BCUT2D eigenvalue weighted by Crippen LogP contribution is -2.48. The van der Waals surface area contributed by atoms with Crippen molar-refractivity contribution in [2.45, 2.75) is 19.5 Å². The molecule has 1 unspecified atom stereocenters. The number of fused-ring (bicyclic) bond motifs is 1. The van der Waals surface area contributed by atoms with Crippen LogP contribution in [0.3, 0.4) is 0 Å². The number of carbonyl (C=O) groups is 4. The molecule has 0 bridgehead atoms. The summed E-state index contributed by atoms with van der Waals surface area (Å²) >= 11 is 2.30. The molecule has 4 aromatic rings. The highest BCUT2D eigenvalue weighted by Gasteiger charge is 2.26. The van der Waals surface area contributed by atoms with E-state index in [2.05, 4.69) is 20.9 Å². The van der Waals surface area contributed by atoms with Gasteiger partial charge in [-0.2, -0.15) is 0 Å². The van der Waals surface area contributed by atoms with Crippen LogP contribution in [-0.4, -0.2) is 48.4 Å². The molecule has 0 aliphatic carbocycles. The minimum atomic E-state index is -1.09. The predicted octanol–water partition coefficient (Wildman–Crippen LogP) is 3.23. The number of aromatic nitrogens is 1. The standard InChI is InChI=1S/C25H24N4O5S2/c1-14-11-20(23(31)27-12-15-5-3-6-17-16(15)8-9-26-17)36-21(14)24(32)29-18(25(33)34-2)13-28-22(30)19-7-4-10-35-19/h3-11,18,26H,12-13H2,1-2H3,(H,27,31)(H,28,30)(H,29,32). The molecule has 1 atom stereocenters. The first kappa shape index (κ1) is 25.1. The van der Waals surface area contributed by atoms with Gasteiger partial charge in [-0.25, -0.2) is 4.79 Å². The summed E-state index contributed by atoms with van der Waals surface area (Å²) in [7, 11) is 1.20. The third-order valence-electron chi connectivity index (χ3n) is 5.48. The van der Waals surface area contributed by atoms with Gasteiger partial charge in [0.2, 0.25) is 0 Å². The van der Waals surface area contributed by atoms with E-state index in [1.165, 1.54) is 18.4 Å². The van der Waals surface area contributed by atoms with Crippen LogP contribution in [-0.2, 0) is 16.1 Å². The van der Waals surface area contributed by atoms with E-state index in [9.17, 15) is 19.2 Å². The van der Waals surface area contributed by atoms with E-state index in [1.54, 1.807) is 30.5 Å². The quantitative estimate of drug-likeness (QED) is 0.250. The van der Waals surface area contributed by atoms with Gasteiger partial charge < -0.3 is 25.7 Å². The number of aromatic amines is 1. The predicted molar refractivity (Wildman–Crippen MR) is 138 cm³/mol. The molecule has 11 heteroatoms. The van der Waals surface area contributed by atoms with Gasteiger partial charge in [0.25, 0.3) is 17.7 Å². The molecule has 0 aliphatic rings. The zero-order valence-electron chi connectivity index (χ0n) is 19.5. The smallest absolute Gasteiger partial charge is 0.330 e. The summed E-state index contributed by atoms with van der Waals surface area (Å²) in [6, 6.07) is 11.7. The summed E-state index contributed by atoms with van der Waals surface area (Å²) in [6.07, 6.45) is 1.85. The first-order valence-corrected chi connectivity index (χ1v) is 12.7. The maximum Gasteiger partial charge on any atom is 0.330 e. The number of thiophene rings is 2. The third-order valence-corrected chi connectivity index (χ3v) is 7.58. The second kappa shape index (κ2) is 11.2. The number of nitrogens with one attached hydrogen (secondary N) is 4. The van der Waals surface area contributed by atoms with Crippen LogP contribution in [0.5, 0.6) is 0 Å². The average Bonchev–Trinajstić information content (AvgIpc) is 3.65. The van der Waals surface area contributed by atoms with Gasteiger partial charge in [-0.15, -0.1) is 22.7 Å². The number of rotatable bonds is 9. The van der Waals surface area contributed by atoms with Crippen molar-refractivity contribution >= 4 is 57.3 Å². The molecule has 3 heterocycles. The highest BCUT2D eigenvalue weighted by atomic mass is 32.1. The summed E-state index contributed by atoms with van der Waals surface area (Å²) in [5.41, 5.74) is 2.56. The Morgan fingerprint density at radius 1 is 1.00 bits per heavy atom. The molecule has 0 saturated heterocycles. The van der Waals surface area contributed by atoms with Crippen molar-refractivity contribution in [3.63, 3.8) is 0 Å². The van der Waals surface area contributed by atoms with Crippen molar-refractivity contribution < 1.29 is 23.9 Å². The van der Waals surface area contributed by atoms with E-state index in [0.29, 0.717) is 26.7 Å². The first-order chi connectivity index (χ1) is 17.4. The molecule has 0 spiro atoms. The van der Waals surface area contributed by atoms with Crippen LogP contribution in [0, 0.1) is 6.92 Å². The Hall–Kier alpha value is -3.96. The molecule has 1 aromatic carbocycles. The summed E-state index contributed by atoms with van der Waals surface area (Å²) in [5, 5.41) is 10.9. The lowest BCUT2D eigenvalue weighted by Gasteiger charge is -2.16. The molecule has 186 valence electrons. The van der Waals surface area contributed by atoms with Gasteiger partial charge in [-0.1, -0.05) is 18.2 Å². The van der Waals surface area contributed by atoms with Gasteiger partial charge in [0.05, 0.1) is 21.7 Å². The molecule has 4 N–H and O–H groups in total. The zero-order chi connectivity index (χ0) is 25.7. The van der Waals surface area contributed by atoms with Crippen molar-refractivity contribution in [3.8, 4) is 0 Å². The Morgan fingerprint density at radius 3 is 2.56 bits per heavy atom. The van der Waals surface area contributed by atoms with Crippen molar-refractivity contribution in [2.75, 3.05) is 13.7 Å². The zero-order valence-corrected chi connectivity index (χ0v) is 21.2. The molecule has 0 saturated carbocycles. The molecule has 0 aliphatic heterocycles. The Labute approximate surface area is 214 Å². The Morgan fingerprint density at radius 2 is 1.81 bits per heavy atom. The van der Waals surface area contributed by atoms with Gasteiger partial charge in [-0.3, -0.25) is 14.4 Å². The fourth-order valence-electron chi connectivity index (χ4n) is 3.64. The Kier molecular flexibility index (Phi) is 7.81. The van der Waals surface area contributed by atoms with Crippen LogP contribution in [0.15, 0.2) is 54.0 Å². The molecule has 3 amide bonds. The van der Waals surface area contributed by atoms with Crippen LogP contribution in [0.25, 0.3) is 10.9 Å². The average molecular weight is 525 g/mol. The van der Waals surface area contributed by atoms with Crippen molar-refractivity contribution in [1.29, 1.82) is 0 Å². The Bertz CT molecular complexity index is 1410. The molecule has 0 fully saturated rings. The summed E-state index contributed by atoms with van der Waals surface area (Å²) in [6.45, 7) is 1.91. The topological polar surface area (TPSA) is 129 Å². The number of ether oxygens (including phenoxy) is 1. The van der Waals surface area contributed by atoms with Crippen LogP contribution in [0.2, 0.25) is 0 Å². The van der Waals surface area contributed by atoms with E-state index >= 15 is 0 Å². The number of H-pyrrole nitrogens is 1. The van der Waals surface area contributed by atoms with Crippen molar-refractivity contribution in [2.24, 2.45) is 0 Å². The number of carbonyl (C=O) groups excluding carboxylic acids is 4. The van der Waals surface area contributed by atoms with E-state index in [1.807, 2.05) is 30.5 Å². The van der Waals surface area contributed by atoms with Gasteiger partial charge in [-0.05, 0) is 47.7 Å². The number of esters is 1. The van der Waals surface area contributed by atoms with Gasteiger partial charge >= 0.3 is 5.97 Å². The van der Waals surface area contributed by atoms with Crippen LogP contribution >= 0.6 is 22.7 Å². The summed E-state index contributed by atoms with van der Waals surface area (Å²) < 4.78 is 4.78. The lowest BCUT2D eigenvalue weighted by atomic mass is 10.1. The van der Waals surface area contributed by atoms with Crippen LogP contribution in [0.4, 0.5) is 0 Å².